The van der Waals surface area contributed by atoms with Gasteiger partial charge in [0, 0.05) is 11.6 Å². The Hall–Kier alpha value is -1.07. The number of carbonyl (C=O) groups excluding carboxylic acids is 1. The predicted octanol–water partition coefficient (Wildman–Crippen LogP) is 3.94. The summed E-state index contributed by atoms with van der Waals surface area (Å²) in [6.07, 6.45) is 6.72. The number of benzene rings is 1. The highest BCUT2D eigenvalue weighted by atomic mass is 35.5. The van der Waals surface area contributed by atoms with Gasteiger partial charge in [0.2, 0.25) is 0 Å². The highest BCUT2D eigenvalue weighted by Crippen LogP contribution is 2.19. The lowest BCUT2D eigenvalue weighted by Gasteiger charge is -2.34. The summed E-state index contributed by atoms with van der Waals surface area (Å²) in [7, 11) is 0. The van der Waals surface area contributed by atoms with Gasteiger partial charge >= 0.3 is 5.97 Å². The maximum Gasteiger partial charge on any atom is 0.323 e. The summed E-state index contributed by atoms with van der Waals surface area (Å²) in [4.78, 5) is 14.2. The third-order valence-corrected chi connectivity index (χ3v) is 4.52. The van der Waals surface area contributed by atoms with Gasteiger partial charge in [-0.25, -0.2) is 0 Å². The van der Waals surface area contributed by atoms with Gasteiger partial charge < -0.3 is 9.84 Å². The number of esters is 1. The van der Waals surface area contributed by atoms with Crippen molar-refractivity contribution in [2.24, 2.45) is 0 Å². The van der Waals surface area contributed by atoms with Crippen LogP contribution in [0.5, 0.6) is 0 Å². The molecule has 0 saturated carbocycles. The van der Waals surface area contributed by atoms with Gasteiger partial charge in [-0.2, -0.15) is 0 Å². The Morgan fingerprint density at radius 3 is 2.80 bits per heavy atom. The third-order valence-electron chi connectivity index (χ3n) is 4.27. The van der Waals surface area contributed by atoms with Crippen molar-refractivity contribution in [1.82, 2.24) is 4.90 Å². The largest absolute Gasteiger partial charge is 0.465 e. The maximum absolute atomic E-state index is 12.0. The van der Waals surface area contributed by atoms with Crippen LogP contribution >= 0.6 is 24.0 Å². The molecule has 2 rings (SSSR count). The number of carbonyl (C=O) groups is 1. The number of ether oxygens (including phenoxy) is 1. The Kier molecular flexibility index (Phi) is 10.1. The van der Waals surface area contributed by atoms with E-state index in [9.17, 15) is 9.90 Å². The van der Waals surface area contributed by atoms with Crippen LogP contribution in [-0.4, -0.2) is 47.8 Å². The zero-order valence-corrected chi connectivity index (χ0v) is 16.1. The van der Waals surface area contributed by atoms with Crippen LogP contribution in [0, 0.1) is 0 Å². The molecule has 2 unspecified atom stereocenters. The first kappa shape index (κ1) is 22.0. The fourth-order valence-electron chi connectivity index (χ4n) is 2.95. The van der Waals surface area contributed by atoms with E-state index >= 15 is 0 Å². The van der Waals surface area contributed by atoms with Gasteiger partial charge in [0.05, 0.1) is 12.7 Å². The quantitative estimate of drug-likeness (QED) is 0.719. The molecule has 2 atom stereocenters. The van der Waals surface area contributed by atoms with Crippen LogP contribution in [0.25, 0.3) is 6.08 Å². The van der Waals surface area contributed by atoms with Gasteiger partial charge in [0.25, 0.3) is 0 Å². The fraction of sp³-hybridized carbons (Fsp3) is 0.526. The predicted molar refractivity (Wildman–Crippen MR) is 104 cm³/mol. The maximum atomic E-state index is 12.0. The summed E-state index contributed by atoms with van der Waals surface area (Å²) in [5, 5.41) is 10.9. The molecule has 6 heteroatoms. The zero-order valence-electron chi connectivity index (χ0n) is 14.6. The van der Waals surface area contributed by atoms with Crippen molar-refractivity contribution in [1.29, 1.82) is 0 Å². The summed E-state index contributed by atoms with van der Waals surface area (Å²) in [6.45, 7) is 3.82. The van der Waals surface area contributed by atoms with Gasteiger partial charge in [-0.15, -0.1) is 12.4 Å². The molecule has 1 saturated heterocycles. The minimum absolute atomic E-state index is 0. The minimum Gasteiger partial charge on any atom is -0.465 e. The van der Waals surface area contributed by atoms with Crippen LogP contribution in [-0.2, 0) is 9.53 Å². The molecule has 1 aromatic carbocycles. The first-order valence-electron chi connectivity index (χ1n) is 8.62. The molecule has 0 bridgehead atoms. The zero-order chi connectivity index (χ0) is 17.4. The van der Waals surface area contributed by atoms with Crippen molar-refractivity contribution in [3.63, 3.8) is 0 Å². The number of hydrogen-bond donors (Lipinski definition) is 1. The molecule has 4 nitrogen and oxygen atoms in total. The van der Waals surface area contributed by atoms with E-state index in [1.54, 1.807) is 6.08 Å². The number of nitrogens with zero attached hydrogens (tertiary/aromatic N) is 1. The first-order chi connectivity index (χ1) is 11.6. The van der Waals surface area contributed by atoms with Crippen molar-refractivity contribution in [3.05, 3.63) is 40.9 Å². The number of piperidine rings is 1. The molecule has 0 aromatic heterocycles. The molecule has 1 aromatic rings. The molecule has 0 amide bonds. The average Bonchev–Trinajstić information content (AvgIpc) is 2.60. The van der Waals surface area contributed by atoms with Crippen molar-refractivity contribution < 1.29 is 14.6 Å². The summed E-state index contributed by atoms with van der Waals surface area (Å²) in [5.41, 5.74) is 1.00. The van der Waals surface area contributed by atoms with Crippen LogP contribution in [0.4, 0.5) is 0 Å². The molecule has 0 aliphatic carbocycles. The molecule has 0 radical (unpaired) electrons. The van der Waals surface area contributed by atoms with E-state index in [1.165, 1.54) is 0 Å². The summed E-state index contributed by atoms with van der Waals surface area (Å²) in [6, 6.07) is 7.31. The van der Waals surface area contributed by atoms with E-state index in [0.717, 1.165) is 31.4 Å². The topological polar surface area (TPSA) is 49.8 Å². The minimum atomic E-state index is -0.537. The van der Waals surface area contributed by atoms with Crippen LogP contribution in [0.3, 0.4) is 0 Å². The molecular formula is C19H27Cl2NO3. The van der Waals surface area contributed by atoms with E-state index in [0.29, 0.717) is 24.6 Å². The standard InChI is InChI=1S/C19H26ClNO3.ClH/c1-2-24-19(23)18-5-3-4-13-21(18)14-12-17(22)11-8-15-6-9-16(20)10-7-15;/h6-11,17-18,22H,2-5,12-14H2,1H3;1H. The molecular weight excluding hydrogens is 361 g/mol. The number of rotatable bonds is 7. The summed E-state index contributed by atoms with van der Waals surface area (Å²) >= 11 is 5.85. The average molecular weight is 388 g/mol. The van der Waals surface area contributed by atoms with Gasteiger partial charge in [-0.3, -0.25) is 9.69 Å². The number of hydrogen-bond acceptors (Lipinski definition) is 4. The van der Waals surface area contributed by atoms with E-state index in [2.05, 4.69) is 4.90 Å². The molecule has 1 fully saturated rings. The summed E-state index contributed by atoms with van der Waals surface area (Å²) < 4.78 is 5.17. The van der Waals surface area contributed by atoms with E-state index in [4.69, 9.17) is 16.3 Å². The smallest absolute Gasteiger partial charge is 0.323 e. The Morgan fingerprint density at radius 2 is 2.12 bits per heavy atom. The highest BCUT2D eigenvalue weighted by molar-refractivity contribution is 6.30. The van der Waals surface area contributed by atoms with Crippen molar-refractivity contribution in [2.75, 3.05) is 19.7 Å². The number of likely N-dealkylation sites (tertiary alicyclic amines) is 1. The lowest BCUT2D eigenvalue weighted by Crippen LogP contribution is -2.46. The lowest BCUT2D eigenvalue weighted by atomic mass is 10.0. The molecule has 140 valence electrons. The number of aliphatic hydroxyl groups is 1. The molecule has 1 heterocycles. The second-order valence-corrected chi connectivity index (χ2v) is 6.50. The Labute approximate surface area is 161 Å². The Balaban J connectivity index is 0.00000312. The van der Waals surface area contributed by atoms with Gasteiger partial charge in [-0.1, -0.05) is 42.3 Å². The third kappa shape index (κ3) is 7.37. The highest BCUT2D eigenvalue weighted by Gasteiger charge is 2.29. The number of halogens is 2. The van der Waals surface area contributed by atoms with Crippen molar-refractivity contribution in [2.45, 2.75) is 44.8 Å². The Bertz CT molecular complexity index is 548. The van der Waals surface area contributed by atoms with Crippen LogP contribution in [0.2, 0.25) is 5.02 Å². The second-order valence-electron chi connectivity index (χ2n) is 6.07. The normalized spacial score (nSPS) is 19.4. The molecule has 1 aliphatic heterocycles. The molecule has 25 heavy (non-hydrogen) atoms. The molecule has 1 aliphatic rings. The van der Waals surface area contributed by atoms with Crippen molar-refractivity contribution in [3.8, 4) is 0 Å². The van der Waals surface area contributed by atoms with Gasteiger partial charge in [0.1, 0.15) is 6.04 Å². The fourth-order valence-corrected chi connectivity index (χ4v) is 3.08. The number of aliphatic hydroxyl groups excluding tert-OH is 1. The van der Waals surface area contributed by atoms with Crippen molar-refractivity contribution >= 4 is 36.1 Å². The van der Waals surface area contributed by atoms with Crippen LogP contribution in [0.15, 0.2) is 30.3 Å². The molecule has 0 spiro atoms. The van der Waals surface area contributed by atoms with E-state index in [-0.39, 0.29) is 24.4 Å². The van der Waals surface area contributed by atoms with Crippen LogP contribution in [0.1, 0.15) is 38.2 Å². The molecule has 1 N–H and O–H groups in total. The van der Waals surface area contributed by atoms with Gasteiger partial charge in [-0.05, 0) is 50.4 Å². The second kappa shape index (κ2) is 11.5. The SMILES string of the molecule is CCOC(=O)C1CCCCN1CCC(O)C=Cc1ccc(Cl)cc1.Cl. The lowest BCUT2D eigenvalue weighted by molar-refractivity contribution is -0.151. The van der Waals surface area contributed by atoms with Gasteiger partial charge in [0.15, 0.2) is 0 Å². The monoisotopic (exact) mass is 387 g/mol. The first-order valence-corrected chi connectivity index (χ1v) is 9.00. The Morgan fingerprint density at radius 1 is 1.40 bits per heavy atom. The van der Waals surface area contributed by atoms with Crippen LogP contribution < -0.4 is 0 Å². The van der Waals surface area contributed by atoms with E-state index < -0.39 is 6.10 Å². The van der Waals surface area contributed by atoms with E-state index in [1.807, 2.05) is 37.3 Å². The summed E-state index contributed by atoms with van der Waals surface area (Å²) in [5.74, 6) is -0.136.